The zero-order chi connectivity index (χ0) is 15.4. The molecule has 2 nitrogen and oxygen atoms in total. The van der Waals surface area contributed by atoms with E-state index in [9.17, 15) is 4.39 Å². The van der Waals surface area contributed by atoms with Crippen molar-refractivity contribution >= 4 is 0 Å². The fraction of sp³-hybridized carbons (Fsp3) is 0.684. The summed E-state index contributed by atoms with van der Waals surface area (Å²) in [6.45, 7) is 6.90. The summed E-state index contributed by atoms with van der Waals surface area (Å²) in [5.74, 6) is 3.05. The van der Waals surface area contributed by atoms with Gasteiger partial charge in [0, 0.05) is 6.54 Å². The summed E-state index contributed by atoms with van der Waals surface area (Å²) in [5.41, 5.74) is 0. The maximum atomic E-state index is 12.9. The molecule has 22 heavy (non-hydrogen) atoms. The molecule has 1 aliphatic heterocycles. The van der Waals surface area contributed by atoms with Crippen LogP contribution >= 0.6 is 0 Å². The molecule has 1 aromatic carbocycles. The molecule has 0 amide bonds. The Morgan fingerprint density at radius 2 is 1.82 bits per heavy atom. The van der Waals surface area contributed by atoms with Gasteiger partial charge in [-0.1, -0.05) is 19.8 Å². The van der Waals surface area contributed by atoms with Crippen molar-refractivity contribution in [2.24, 2.45) is 17.8 Å². The predicted octanol–water partition coefficient (Wildman–Crippen LogP) is 4.35. The van der Waals surface area contributed by atoms with Crippen LogP contribution in [0.15, 0.2) is 24.3 Å². The van der Waals surface area contributed by atoms with E-state index in [0.717, 1.165) is 24.2 Å². The van der Waals surface area contributed by atoms with E-state index < -0.39 is 0 Å². The van der Waals surface area contributed by atoms with Crippen LogP contribution in [0.2, 0.25) is 0 Å². The van der Waals surface area contributed by atoms with Crippen molar-refractivity contribution in [3.05, 3.63) is 30.1 Å². The number of benzene rings is 1. The molecule has 0 radical (unpaired) electrons. The zero-order valence-corrected chi connectivity index (χ0v) is 13.6. The van der Waals surface area contributed by atoms with E-state index in [4.69, 9.17) is 4.74 Å². The standard InChI is InChI=1S/C19H28FNO/c1-15-3-2-4-17(15)13-21-11-9-16(10-12-21)14-22-19-7-5-18(20)6-8-19/h5-8,15-17H,2-4,9-14H2,1H3. The molecule has 122 valence electrons. The lowest BCUT2D eigenvalue weighted by Crippen LogP contribution is -2.38. The molecule has 0 aromatic heterocycles. The fourth-order valence-corrected chi connectivity index (χ4v) is 3.91. The quantitative estimate of drug-likeness (QED) is 0.802. The smallest absolute Gasteiger partial charge is 0.123 e. The van der Waals surface area contributed by atoms with Crippen molar-refractivity contribution in [1.82, 2.24) is 4.90 Å². The third-order valence-electron chi connectivity index (χ3n) is 5.54. The lowest BCUT2D eigenvalue weighted by molar-refractivity contribution is 0.121. The Labute approximate surface area is 133 Å². The van der Waals surface area contributed by atoms with Crippen LogP contribution in [0, 0.1) is 23.6 Å². The largest absolute Gasteiger partial charge is 0.493 e. The number of hydrogen-bond donors (Lipinski definition) is 0. The molecular weight excluding hydrogens is 277 g/mol. The highest BCUT2D eigenvalue weighted by molar-refractivity contribution is 5.22. The minimum absolute atomic E-state index is 0.207. The minimum atomic E-state index is -0.207. The Kier molecular flexibility index (Phi) is 5.35. The van der Waals surface area contributed by atoms with E-state index >= 15 is 0 Å². The number of ether oxygens (including phenoxy) is 1. The molecular formula is C19H28FNO. The number of piperidine rings is 1. The molecule has 2 atom stereocenters. The first-order valence-electron chi connectivity index (χ1n) is 8.81. The molecule has 3 rings (SSSR count). The van der Waals surface area contributed by atoms with Crippen molar-refractivity contribution in [3.63, 3.8) is 0 Å². The second kappa shape index (κ2) is 7.45. The van der Waals surface area contributed by atoms with Crippen LogP contribution in [0.1, 0.15) is 39.0 Å². The van der Waals surface area contributed by atoms with E-state index in [-0.39, 0.29) is 5.82 Å². The topological polar surface area (TPSA) is 12.5 Å². The molecule has 1 heterocycles. The molecule has 2 aliphatic rings. The summed E-state index contributed by atoms with van der Waals surface area (Å²) in [6, 6.07) is 6.35. The van der Waals surface area contributed by atoms with Gasteiger partial charge in [-0.3, -0.25) is 0 Å². The summed E-state index contributed by atoms with van der Waals surface area (Å²) < 4.78 is 18.7. The highest BCUT2D eigenvalue weighted by Crippen LogP contribution is 2.32. The molecule has 0 N–H and O–H groups in total. The SMILES string of the molecule is CC1CCCC1CN1CCC(COc2ccc(F)cc2)CC1. The van der Waals surface area contributed by atoms with Gasteiger partial charge in [-0.05, 0) is 74.4 Å². The van der Waals surface area contributed by atoms with E-state index in [0.29, 0.717) is 5.92 Å². The normalized spacial score (nSPS) is 27.2. The van der Waals surface area contributed by atoms with Crippen LogP contribution in [0.4, 0.5) is 4.39 Å². The average molecular weight is 305 g/mol. The molecule has 1 aromatic rings. The highest BCUT2D eigenvalue weighted by atomic mass is 19.1. The summed E-state index contributed by atoms with van der Waals surface area (Å²) in [7, 11) is 0. The fourth-order valence-electron chi connectivity index (χ4n) is 3.91. The summed E-state index contributed by atoms with van der Waals surface area (Å²) in [5, 5.41) is 0. The van der Waals surface area contributed by atoms with Gasteiger partial charge in [0.15, 0.2) is 0 Å². The number of likely N-dealkylation sites (tertiary alicyclic amines) is 1. The lowest BCUT2D eigenvalue weighted by atomic mass is 9.94. The zero-order valence-electron chi connectivity index (χ0n) is 13.6. The lowest BCUT2D eigenvalue weighted by Gasteiger charge is -2.34. The van der Waals surface area contributed by atoms with Gasteiger partial charge >= 0.3 is 0 Å². The van der Waals surface area contributed by atoms with Gasteiger partial charge in [0.05, 0.1) is 6.61 Å². The van der Waals surface area contributed by atoms with E-state index in [1.165, 1.54) is 63.9 Å². The Morgan fingerprint density at radius 1 is 1.09 bits per heavy atom. The third kappa shape index (κ3) is 4.22. The molecule has 1 saturated carbocycles. The van der Waals surface area contributed by atoms with Crippen LogP contribution in [0.25, 0.3) is 0 Å². The van der Waals surface area contributed by atoms with Gasteiger partial charge in [-0.15, -0.1) is 0 Å². The molecule has 1 aliphatic carbocycles. The minimum Gasteiger partial charge on any atom is -0.493 e. The first-order valence-corrected chi connectivity index (χ1v) is 8.81. The molecule has 2 fully saturated rings. The summed E-state index contributed by atoms with van der Waals surface area (Å²) >= 11 is 0. The van der Waals surface area contributed by atoms with Gasteiger partial charge in [0.2, 0.25) is 0 Å². The average Bonchev–Trinajstić information content (AvgIpc) is 2.93. The van der Waals surface area contributed by atoms with E-state index in [1.54, 1.807) is 12.1 Å². The Morgan fingerprint density at radius 3 is 2.45 bits per heavy atom. The Balaban J connectivity index is 1.37. The van der Waals surface area contributed by atoms with Crippen LogP contribution in [0.5, 0.6) is 5.75 Å². The van der Waals surface area contributed by atoms with Gasteiger partial charge in [-0.25, -0.2) is 4.39 Å². The number of hydrogen-bond acceptors (Lipinski definition) is 2. The van der Waals surface area contributed by atoms with Crippen LogP contribution < -0.4 is 4.74 Å². The summed E-state index contributed by atoms with van der Waals surface area (Å²) in [4.78, 5) is 2.65. The number of halogens is 1. The summed E-state index contributed by atoms with van der Waals surface area (Å²) in [6.07, 6.45) is 6.72. The first-order chi connectivity index (χ1) is 10.7. The molecule has 2 unspecified atom stereocenters. The molecule has 3 heteroatoms. The van der Waals surface area contributed by atoms with Crippen LogP contribution in [-0.4, -0.2) is 31.1 Å². The highest BCUT2D eigenvalue weighted by Gasteiger charge is 2.27. The van der Waals surface area contributed by atoms with Gasteiger partial charge in [0.1, 0.15) is 11.6 Å². The molecule has 0 bridgehead atoms. The third-order valence-corrected chi connectivity index (χ3v) is 5.54. The Bertz CT molecular complexity index is 453. The first kappa shape index (κ1) is 15.8. The second-order valence-corrected chi connectivity index (χ2v) is 7.18. The van der Waals surface area contributed by atoms with Gasteiger partial charge < -0.3 is 9.64 Å². The van der Waals surface area contributed by atoms with Gasteiger partial charge in [0.25, 0.3) is 0 Å². The van der Waals surface area contributed by atoms with E-state index in [2.05, 4.69) is 11.8 Å². The Hall–Kier alpha value is -1.09. The van der Waals surface area contributed by atoms with E-state index in [1.807, 2.05) is 0 Å². The maximum Gasteiger partial charge on any atom is 0.123 e. The number of nitrogens with zero attached hydrogens (tertiary/aromatic N) is 1. The van der Waals surface area contributed by atoms with Crippen LogP contribution in [-0.2, 0) is 0 Å². The van der Waals surface area contributed by atoms with Crippen molar-refractivity contribution in [3.8, 4) is 5.75 Å². The predicted molar refractivity (Wildman–Crippen MR) is 87.6 cm³/mol. The van der Waals surface area contributed by atoms with Crippen molar-refractivity contribution in [2.45, 2.75) is 39.0 Å². The number of rotatable bonds is 5. The monoisotopic (exact) mass is 305 g/mol. The molecule has 1 saturated heterocycles. The van der Waals surface area contributed by atoms with Gasteiger partial charge in [-0.2, -0.15) is 0 Å². The molecule has 0 spiro atoms. The van der Waals surface area contributed by atoms with Crippen molar-refractivity contribution in [2.75, 3.05) is 26.2 Å². The second-order valence-electron chi connectivity index (χ2n) is 7.18. The maximum absolute atomic E-state index is 12.9. The van der Waals surface area contributed by atoms with Crippen LogP contribution in [0.3, 0.4) is 0 Å². The van der Waals surface area contributed by atoms with Crippen molar-refractivity contribution < 1.29 is 9.13 Å². The van der Waals surface area contributed by atoms with Crippen molar-refractivity contribution in [1.29, 1.82) is 0 Å².